The van der Waals surface area contributed by atoms with E-state index in [-0.39, 0.29) is 36.0 Å². The molecule has 1 atom stereocenters. The summed E-state index contributed by atoms with van der Waals surface area (Å²) in [5, 5.41) is 16.3. The first kappa shape index (κ1) is 24.9. The molecule has 1 aliphatic carbocycles. The van der Waals surface area contributed by atoms with Gasteiger partial charge < -0.3 is 15.7 Å². The van der Waals surface area contributed by atoms with E-state index >= 15 is 0 Å². The molecule has 3 N–H and O–H groups in total. The molecule has 0 aliphatic heterocycles. The van der Waals surface area contributed by atoms with Crippen molar-refractivity contribution in [3.8, 4) is 0 Å². The molecule has 0 aromatic carbocycles. The second kappa shape index (κ2) is 14.0. The molecule has 5 nitrogen and oxygen atoms in total. The Morgan fingerprint density at radius 2 is 1.76 bits per heavy atom. The highest BCUT2D eigenvalue weighted by Gasteiger charge is 2.31. The number of nitrogens with zero attached hydrogens (tertiary/aromatic N) is 2. The van der Waals surface area contributed by atoms with Crippen LogP contribution in [0.25, 0.3) is 0 Å². The van der Waals surface area contributed by atoms with E-state index in [1.54, 1.807) is 0 Å². The highest BCUT2D eigenvalue weighted by atomic mass is 127. The molecule has 0 amide bonds. The van der Waals surface area contributed by atoms with Crippen LogP contribution in [0.15, 0.2) is 4.99 Å². The zero-order valence-corrected chi connectivity index (χ0v) is 19.1. The number of aliphatic hydroxyl groups is 1. The van der Waals surface area contributed by atoms with Crippen molar-refractivity contribution in [2.75, 3.05) is 39.3 Å². The van der Waals surface area contributed by atoms with Gasteiger partial charge in [0.05, 0.1) is 0 Å². The Morgan fingerprint density at radius 1 is 1.12 bits per heavy atom. The summed E-state index contributed by atoms with van der Waals surface area (Å²) in [6, 6.07) is 0.491. The second-order valence-electron chi connectivity index (χ2n) is 7.18. The Hall–Kier alpha value is -0.0800. The van der Waals surface area contributed by atoms with Crippen LogP contribution >= 0.6 is 24.0 Å². The number of aliphatic imine (C=N–C) groups is 1. The summed E-state index contributed by atoms with van der Waals surface area (Å²) in [5.74, 6) is 0.916. The van der Waals surface area contributed by atoms with Crippen LogP contribution in [0.4, 0.5) is 0 Å². The van der Waals surface area contributed by atoms with Crippen molar-refractivity contribution in [3.05, 3.63) is 0 Å². The maximum absolute atomic E-state index is 9.46. The Balaban J connectivity index is 0.00000576. The predicted octanol–water partition coefficient (Wildman–Crippen LogP) is 3.22. The van der Waals surface area contributed by atoms with Crippen LogP contribution in [0.1, 0.15) is 66.2 Å². The van der Waals surface area contributed by atoms with Crippen molar-refractivity contribution >= 4 is 29.9 Å². The Bertz CT molecular complexity index is 350. The lowest BCUT2D eigenvalue weighted by atomic mass is 9.72. The standard InChI is InChI=1S/C19H40N4O.HI/c1-5-20-18(21-15-17(4)23(6-2)7-3)22-16-19(13-14-24)11-9-8-10-12-19;/h17,24H,5-16H2,1-4H3,(H2,20,21,22);1H. The molecule has 0 saturated heterocycles. The summed E-state index contributed by atoms with van der Waals surface area (Å²) in [6.45, 7) is 13.8. The van der Waals surface area contributed by atoms with Gasteiger partial charge in [-0.25, -0.2) is 0 Å². The minimum Gasteiger partial charge on any atom is -0.396 e. The zero-order valence-electron chi connectivity index (χ0n) is 16.8. The lowest BCUT2D eigenvalue weighted by Crippen LogP contribution is -2.46. The molecule has 1 rings (SSSR count). The normalized spacial score (nSPS) is 18.6. The second-order valence-corrected chi connectivity index (χ2v) is 7.18. The SMILES string of the molecule is CCNC(=NCC1(CCO)CCCCC1)NCC(C)N(CC)CC.I. The molecule has 1 unspecified atom stereocenters. The average molecular weight is 468 g/mol. The Labute approximate surface area is 172 Å². The van der Waals surface area contributed by atoms with E-state index in [2.05, 4.69) is 43.2 Å². The third-order valence-electron chi connectivity index (χ3n) is 5.47. The van der Waals surface area contributed by atoms with Crippen molar-refractivity contribution in [2.45, 2.75) is 72.3 Å². The van der Waals surface area contributed by atoms with Crippen LogP contribution in [0.2, 0.25) is 0 Å². The molecule has 1 fully saturated rings. The molecule has 1 saturated carbocycles. The fourth-order valence-electron chi connectivity index (χ4n) is 3.84. The maximum Gasteiger partial charge on any atom is 0.191 e. The molecule has 6 heteroatoms. The van der Waals surface area contributed by atoms with Gasteiger partial charge in [-0.05, 0) is 51.6 Å². The minimum atomic E-state index is 0. The Kier molecular flexibility index (Phi) is 14.0. The van der Waals surface area contributed by atoms with Gasteiger partial charge in [-0.2, -0.15) is 0 Å². The predicted molar refractivity (Wildman–Crippen MR) is 119 cm³/mol. The molecule has 0 aromatic heterocycles. The monoisotopic (exact) mass is 468 g/mol. The first-order valence-corrected chi connectivity index (χ1v) is 9.97. The number of likely N-dealkylation sites (N-methyl/N-ethyl adjacent to an activating group) is 1. The first-order chi connectivity index (χ1) is 11.6. The third-order valence-corrected chi connectivity index (χ3v) is 5.47. The smallest absolute Gasteiger partial charge is 0.191 e. The van der Waals surface area contributed by atoms with Gasteiger partial charge >= 0.3 is 0 Å². The minimum absolute atomic E-state index is 0. The van der Waals surface area contributed by atoms with Crippen molar-refractivity contribution in [1.82, 2.24) is 15.5 Å². The van der Waals surface area contributed by atoms with E-state index < -0.39 is 0 Å². The van der Waals surface area contributed by atoms with Gasteiger partial charge in [-0.1, -0.05) is 33.1 Å². The number of hydrogen-bond acceptors (Lipinski definition) is 3. The van der Waals surface area contributed by atoms with Gasteiger partial charge in [0, 0.05) is 32.3 Å². The van der Waals surface area contributed by atoms with E-state index in [1.165, 1.54) is 32.1 Å². The summed E-state index contributed by atoms with van der Waals surface area (Å²) in [5.41, 5.74) is 0.208. The molecule has 0 radical (unpaired) electrons. The van der Waals surface area contributed by atoms with Gasteiger partial charge in [0.2, 0.25) is 0 Å². The molecule has 150 valence electrons. The van der Waals surface area contributed by atoms with Crippen LogP contribution in [0.3, 0.4) is 0 Å². The third kappa shape index (κ3) is 8.91. The maximum atomic E-state index is 9.46. The number of nitrogens with one attached hydrogen (secondary N) is 2. The number of guanidine groups is 1. The molecular weight excluding hydrogens is 427 g/mol. The molecule has 0 bridgehead atoms. The van der Waals surface area contributed by atoms with Crippen molar-refractivity contribution in [2.24, 2.45) is 10.4 Å². The summed E-state index contributed by atoms with van der Waals surface area (Å²) in [4.78, 5) is 7.33. The fraction of sp³-hybridized carbons (Fsp3) is 0.947. The van der Waals surface area contributed by atoms with E-state index in [9.17, 15) is 5.11 Å². The highest BCUT2D eigenvalue weighted by Crippen LogP contribution is 2.39. The van der Waals surface area contributed by atoms with Crippen molar-refractivity contribution < 1.29 is 5.11 Å². The molecule has 1 aliphatic rings. The lowest BCUT2D eigenvalue weighted by molar-refractivity contribution is 0.137. The van der Waals surface area contributed by atoms with Crippen LogP contribution in [0, 0.1) is 5.41 Å². The topological polar surface area (TPSA) is 59.9 Å². The summed E-state index contributed by atoms with van der Waals surface area (Å²) >= 11 is 0. The average Bonchev–Trinajstić information content (AvgIpc) is 2.59. The first-order valence-electron chi connectivity index (χ1n) is 9.97. The van der Waals surface area contributed by atoms with Crippen molar-refractivity contribution in [1.29, 1.82) is 0 Å². The Morgan fingerprint density at radius 3 is 2.28 bits per heavy atom. The quantitative estimate of drug-likeness (QED) is 0.262. The molecule has 0 spiro atoms. The van der Waals surface area contributed by atoms with E-state index in [0.29, 0.717) is 6.04 Å². The van der Waals surface area contributed by atoms with Gasteiger partial charge in [0.1, 0.15) is 0 Å². The van der Waals surface area contributed by atoms with Crippen molar-refractivity contribution in [3.63, 3.8) is 0 Å². The van der Waals surface area contributed by atoms with Gasteiger partial charge in [0.25, 0.3) is 0 Å². The van der Waals surface area contributed by atoms with E-state index in [1.807, 2.05) is 0 Å². The fourth-order valence-corrected chi connectivity index (χ4v) is 3.84. The largest absolute Gasteiger partial charge is 0.396 e. The number of aliphatic hydroxyl groups excluding tert-OH is 1. The zero-order chi connectivity index (χ0) is 17.8. The highest BCUT2D eigenvalue weighted by molar-refractivity contribution is 14.0. The van der Waals surface area contributed by atoms with Gasteiger partial charge in [-0.3, -0.25) is 9.89 Å². The summed E-state index contributed by atoms with van der Waals surface area (Å²) in [7, 11) is 0. The number of halogens is 1. The van der Waals surface area contributed by atoms with E-state index in [0.717, 1.165) is 45.1 Å². The summed E-state index contributed by atoms with van der Waals surface area (Å²) in [6.07, 6.45) is 7.16. The number of hydrogen-bond donors (Lipinski definition) is 3. The van der Waals surface area contributed by atoms with E-state index in [4.69, 9.17) is 4.99 Å². The lowest BCUT2D eigenvalue weighted by Gasteiger charge is -2.36. The van der Waals surface area contributed by atoms with Crippen LogP contribution in [0.5, 0.6) is 0 Å². The molecule has 25 heavy (non-hydrogen) atoms. The van der Waals surface area contributed by atoms with Crippen LogP contribution in [-0.4, -0.2) is 61.3 Å². The van der Waals surface area contributed by atoms with Gasteiger partial charge in [0.15, 0.2) is 5.96 Å². The molecular formula is C19H41IN4O. The summed E-state index contributed by atoms with van der Waals surface area (Å²) < 4.78 is 0. The van der Waals surface area contributed by atoms with Gasteiger partial charge in [-0.15, -0.1) is 24.0 Å². The molecule has 0 heterocycles. The molecule has 0 aromatic rings. The number of rotatable bonds is 10. The van der Waals surface area contributed by atoms with Crippen LogP contribution in [-0.2, 0) is 0 Å². The van der Waals surface area contributed by atoms with Crippen LogP contribution < -0.4 is 10.6 Å².